The van der Waals surface area contributed by atoms with Crippen LogP contribution >= 0.6 is 39.5 Å². The summed E-state index contributed by atoms with van der Waals surface area (Å²) in [4.78, 5) is 4.93. The molecule has 1 aromatic heterocycles. The maximum atomic E-state index is 5.83. The zero-order valence-electron chi connectivity index (χ0n) is 12.1. The third-order valence-corrected chi connectivity index (χ3v) is 4.41. The molecule has 0 radical (unpaired) electrons. The van der Waals surface area contributed by atoms with E-state index in [1.807, 2.05) is 18.2 Å². The Balaban J connectivity index is 2.13. The first-order valence-electron chi connectivity index (χ1n) is 6.44. The fourth-order valence-electron chi connectivity index (χ4n) is 1.68. The molecule has 3 nitrogen and oxygen atoms in total. The predicted octanol–water partition coefficient (Wildman–Crippen LogP) is 4.42. The van der Waals surface area contributed by atoms with E-state index in [1.165, 1.54) is 0 Å². The van der Waals surface area contributed by atoms with Gasteiger partial charge < -0.3 is 10.5 Å². The highest BCUT2D eigenvalue weighted by Crippen LogP contribution is 2.27. The van der Waals surface area contributed by atoms with Crippen LogP contribution in [0.1, 0.15) is 37.0 Å². The number of aromatic nitrogens is 1. The van der Waals surface area contributed by atoms with Crippen LogP contribution in [-0.2, 0) is 12.0 Å². The van der Waals surface area contributed by atoms with E-state index in [1.54, 1.807) is 11.3 Å². The number of ether oxygens (including phenoxy) is 1. The highest BCUT2D eigenvalue weighted by Gasteiger charge is 2.17. The molecule has 0 atom stereocenters. The first kappa shape index (κ1) is 16.4. The summed E-state index contributed by atoms with van der Waals surface area (Å²) in [6.07, 6.45) is 0. The summed E-state index contributed by atoms with van der Waals surface area (Å²) in [6, 6.07) is 5.62. The summed E-state index contributed by atoms with van der Waals surface area (Å²) in [5.74, 6) is 0.679. The lowest BCUT2D eigenvalue weighted by Gasteiger charge is -2.14. The summed E-state index contributed by atoms with van der Waals surface area (Å²) < 4.78 is 6.74. The van der Waals surface area contributed by atoms with Gasteiger partial charge in [-0.1, -0.05) is 48.9 Å². The summed E-state index contributed by atoms with van der Waals surface area (Å²) in [6.45, 7) is 6.85. The van der Waals surface area contributed by atoms with Crippen molar-refractivity contribution >= 4 is 44.5 Å². The van der Waals surface area contributed by atoms with E-state index in [9.17, 15) is 0 Å². The van der Waals surface area contributed by atoms with E-state index < -0.39 is 0 Å². The zero-order chi connectivity index (χ0) is 15.6. The van der Waals surface area contributed by atoms with Crippen LogP contribution in [0.15, 0.2) is 28.1 Å². The quantitative estimate of drug-likeness (QED) is 0.792. The largest absolute Gasteiger partial charge is 0.486 e. The van der Waals surface area contributed by atoms with Crippen molar-refractivity contribution in [2.24, 2.45) is 5.73 Å². The summed E-state index contributed by atoms with van der Waals surface area (Å²) in [5, 5.41) is 3.02. The monoisotopic (exact) mass is 384 g/mol. The van der Waals surface area contributed by atoms with Gasteiger partial charge in [0.1, 0.15) is 22.4 Å². The molecular weight excluding hydrogens is 368 g/mol. The normalized spacial score (nSPS) is 11.4. The molecule has 0 fully saturated rings. The van der Waals surface area contributed by atoms with Crippen LogP contribution in [0.3, 0.4) is 0 Å². The lowest BCUT2D eigenvalue weighted by Crippen LogP contribution is -2.13. The topological polar surface area (TPSA) is 48.1 Å². The number of rotatable bonds is 4. The smallest absolute Gasteiger partial charge is 0.140 e. The first-order chi connectivity index (χ1) is 9.77. The molecule has 0 saturated carbocycles. The van der Waals surface area contributed by atoms with Gasteiger partial charge in [0, 0.05) is 15.3 Å². The average Bonchev–Trinajstić information content (AvgIpc) is 2.85. The SMILES string of the molecule is CC(C)(C)c1csc(COc2ccc(Br)cc2C(N)=S)n1. The number of hydrogen-bond donors (Lipinski definition) is 1. The van der Waals surface area contributed by atoms with E-state index in [0.29, 0.717) is 17.3 Å². The Labute approximate surface area is 142 Å². The van der Waals surface area contributed by atoms with Gasteiger partial charge in [0.2, 0.25) is 0 Å². The molecule has 0 aliphatic heterocycles. The van der Waals surface area contributed by atoms with Crippen LogP contribution in [0, 0.1) is 0 Å². The van der Waals surface area contributed by atoms with Crippen molar-refractivity contribution in [2.45, 2.75) is 32.8 Å². The highest BCUT2D eigenvalue weighted by atomic mass is 79.9. The fourth-order valence-corrected chi connectivity index (χ4v) is 3.13. The zero-order valence-corrected chi connectivity index (χ0v) is 15.4. The lowest BCUT2D eigenvalue weighted by atomic mass is 9.93. The standard InChI is InChI=1S/C15H17BrN2OS2/c1-15(2,3)12-8-21-13(18-12)7-19-11-5-4-9(16)6-10(11)14(17)20/h4-6,8H,7H2,1-3H3,(H2,17,20). The predicted molar refractivity (Wildman–Crippen MR) is 95.2 cm³/mol. The van der Waals surface area contributed by atoms with E-state index in [0.717, 1.165) is 20.7 Å². The number of hydrogen-bond acceptors (Lipinski definition) is 4. The molecular formula is C15H17BrN2OS2. The molecule has 6 heteroatoms. The Hall–Kier alpha value is -0.980. The van der Waals surface area contributed by atoms with Gasteiger partial charge in [-0.15, -0.1) is 11.3 Å². The average molecular weight is 385 g/mol. The van der Waals surface area contributed by atoms with Crippen LogP contribution in [0.2, 0.25) is 0 Å². The molecule has 0 aliphatic carbocycles. The second-order valence-electron chi connectivity index (χ2n) is 5.67. The summed E-state index contributed by atoms with van der Waals surface area (Å²) in [5.41, 5.74) is 7.59. The molecule has 0 amide bonds. The fraction of sp³-hybridized carbons (Fsp3) is 0.333. The molecule has 1 heterocycles. The van der Waals surface area contributed by atoms with E-state index in [4.69, 9.17) is 22.7 Å². The molecule has 1 aromatic carbocycles. The summed E-state index contributed by atoms with van der Waals surface area (Å²) >= 11 is 10.1. The molecule has 2 N–H and O–H groups in total. The van der Waals surface area contributed by atoms with Crippen molar-refractivity contribution in [3.63, 3.8) is 0 Å². The molecule has 0 unspecified atom stereocenters. The minimum absolute atomic E-state index is 0.0519. The lowest BCUT2D eigenvalue weighted by molar-refractivity contribution is 0.304. The number of halogens is 1. The molecule has 2 aromatic rings. The molecule has 21 heavy (non-hydrogen) atoms. The van der Waals surface area contributed by atoms with Crippen molar-refractivity contribution in [2.75, 3.05) is 0 Å². The molecule has 0 saturated heterocycles. The van der Waals surface area contributed by atoms with Crippen LogP contribution in [0.5, 0.6) is 5.75 Å². The molecule has 0 bridgehead atoms. The van der Waals surface area contributed by atoms with Gasteiger partial charge in [-0.25, -0.2) is 4.98 Å². The van der Waals surface area contributed by atoms with Gasteiger partial charge in [-0.3, -0.25) is 0 Å². The van der Waals surface area contributed by atoms with Crippen molar-refractivity contribution < 1.29 is 4.74 Å². The Bertz CT molecular complexity index is 662. The molecule has 0 spiro atoms. The number of thiazole rings is 1. The maximum absolute atomic E-state index is 5.83. The van der Waals surface area contributed by atoms with Crippen LogP contribution in [0.25, 0.3) is 0 Å². The number of thiocarbonyl (C=S) groups is 1. The van der Waals surface area contributed by atoms with E-state index >= 15 is 0 Å². The Morgan fingerprint density at radius 3 is 2.71 bits per heavy atom. The summed E-state index contributed by atoms with van der Waals surface area (Å²) in [7, 11) is 0. The van der Waals surface area contributed by atoms with Crippen molar-refractivity contribution in [3.8, 4) is 5.75 Å². The Morgan fingerprint density at radius 1 is 1.43 bits per heavy atom. The van der Waals surface area contributed by atoms with E-state index in [2.05, 4.69) is 47.1 Å². The Morgan fingerprint density at radius 2 is 2.14 bits per heavy atom. The van der Waals surface area contributed by atoms with Gasteiger partial charge in [0.25, 0.3) is 0 Å². The van der Waals surface area contributed by atoms with Gasteiger partial charge in [0.15, 0.2) is 0 Å². The maximum Gasteiger partial charge on any atom is 0.140 e. The van der Waals surface area contributed by atoms with Gasteiger partial charge in [-0.2, -0.15) is 0 Å². The van der Waals surface area contributed by atoms with Gasteiger partial charge >= 0.3 is 0 Å². The van der Waals surface area contributed by atoms with Crippen LogP contribution in [-0.4, -0.2) is 9.97 Å². The first-order valence-corrected chi connectivity index (χ1v) is 8.52. The van der Waals surface area contributed by atoms with Crippen LogP contribution in [0.4, 0.5) is 0 Å². The van der Waals surface area contributed by atoms with Crippen molar-refractivity contribution in [1.82, 2.24) is 4.98 Å². The molecule has 2 rings (SSSR count). The number of benzene rings is 1. The van der Waals surface area contributed by atoms with Crippen molar-refractivity contribution in [3.05, 3.63) is 44.3 Å². The number of nitrogens with zero attached hydrogens (tertiary/aromatic N) is 1. The molecule has 112 valence electrons. The second kappa shape index (κ2) is 6.42. The minimum atomic E-state index is 0.0519. The van der Waals surface area contributed by atoms with Crippen molar-refractivity contribution in [1.29, 1.82) is 0 Å². The third kappa shape index (κ3) is 4.25. The van der Waals surface area contributed by atoms with Crippen LogP contribution < -0.4 is 10.5 Å². The van der Waals surface area contributed by atoms with Gasteiger partial charge in [0.05, 0.1) is 11.3 Å². The minimum Gasteiger partial charge on any atom is -0.486 e. The van der Waals surface area contributed by atoms with Gasteiger partial charge in [-0.05, 0) is 18.2 Å². The highest BCUT2D eigenvalue weighted by molar-refractivity contribution is 9.10. The number of nitrogens with two attached hydrogens (primary N) is 1. The second-order valence-corrected chi connectivity index (χ2v) is 7.97. The van der Waals surface area contributed by atoms with E-state index in [-0.39, 0.29) is 5.41 Å². The third-order valence-electron chi connectivity index (χ3n) is 2.88. The Kier molecular flexibility index (Phi) is 5.01. The molecule has 0 aliphatic rings.